The van der Waals surface area contributed by atoms with Crippen LogP contribution in [0.2, 0.25) is 0 Å². The Morgan fingerprint density at radius 2 is 1.79 bits per heavy atom. The van der Waals surface area contributed by atoms with E-state index in [1.807, 2.05) is 0 Å². The molecule has 84 valence electrons. The van der Waals surface area contributed by atoms with E-state index in [2.05, 4.69) is 0 Å². The fourth-order valence-corrected chi connectivity index (χ4v) is 4.43. The molecule has 0 spiro atoms. The minimum absolute atomic E-state index is 0.257. The summed E-state index contributed by atoms with van der Waals surface area (Å²) in [7, 11) is -2.93. The van der Waals surface area contributed by atoms with Crippen LogP contribution in [0.1, 0.15) is 45.4 Å². The molecule has 3 nitrogen and oxygen atoms in total. The quantitative estimate of drug-likeness (QED) is 0.779. The zero-order chi connectivity index (χ0) is 10.7. The smallest absolute Gasteiger partial charge is 0.155 e. The molecule has 14 heavy (non-hydrogen) atoms. The van der Waals surface area contributed by atoms with E-state index in [0.29, 0.717) is 13.0 Å². The molecule has 0 radical (unpaired) electrons. The molecule has 1 fully saturated rings. The Morgan fingerprint density at radius 3 is 2.21 bits per heavy atom. The number of hydrogen-bond acceptors (Lipinski definition) is 3. The lowest BCUT2D eigenvalue weighted by Crippen LogP contribution is -2.43. The summed E-state index contributed by atoms with van der Waals surface area (Å²) < 4.78 is 23.5. The normalized spacial score (nSPS) is 22.1. The van der Waals surface area contributed by atoms with Crippen LogP contribution >= 0.6 is 0 Å². The van der Waals surface area contributed by atoms with Gasteiger partial charge in [-0.25, -0.2) is 8.42 Å². The molecule has 1 saturated carbocycles. The SMILES string of the molecule is CCS(=O)(=O)C1(CCN)CCCCC1. The first kappa shape index (κ1) is 12.0. The Morgan fingerprint density at radius 1 is 1.21 bits per heavy atom. The Bertz CT molecular complexity index is 260. The third-order valence-electron chi connectivity index (χ3n) is 3.40. The third-order valence-corrected chi connectivity index (χ3v) is 6.10. The number of rotatable bonds is 4. The van der Waals surface area contributed by atoms with Crippen molar-refractivity contribution in [3.8, 4) is 0 Å². The number of sulfone groups is 1. The summed E-state index contributed by atoms with van der Waals surface area (Å²) >= 11 is 0. The maximum Gasteiger partial charge on any atom is 0.155 e. The van der Waals surface area contributed by atoms with Crippen LogP contribution in [0.5, 0.6) is 0 Å². The minimum atomic E-state index is -2.93. The average molecular weight is 219 g/mol. The van der Waals surface area contributed by atoms with Gasteiger partial charge in [-0.05, 0) is 25.8 Å². The topological polar surface area (TPSA) is 60.2 Å². The second kappa shape index (κ2) is 4.62. The highest BCUT2D eigenvalue weighted by atomic mass is 32.2. The van der Waals surface area contributed by atoms with Crippen molar-refractivity contribution in [3.63, 3.8) is 0 Å². The highest BCUT2D eigenvalue weighted by molar-refractivity contribution is 7.92. The molecule has 0 saturated heterocycles. The summed E-state index contributed by atoms with van der Waals surface area (Å²) in [5.41, 5.74) is 5.53. The largest absolute Gasteiger partial charge is 0.330 e. The van der Waals surface area contributed by atoms with Gasteiger partial charge in [0.15, 0.2) is 9.84 Å². The van der Waals surface area contributed by atoms with Gasteiger partial charge in [0.1, 0.15) is 0 Å². The predicted octanol–water partition coefficient (Wildman–Crippen LogP) is 1.47. The summed E-state index contributed by atoms with van der Waals surface area (Å²) in [6.07, 6.45) is 5.54. The van der Waals surface area contributed by atoms with Gasteiger partial charge in [-0.2, -0.15) is 0 Å². The summed E-state index contributed by atoms with van der Waals surface area (Å²) in [6, 6.07) is 0. The molecular weight excluding hydrogens is 198 g/mol. The summed E-state index contributed by atoms with van der Waals surface area (Å²) in [6.45, 7) is 2.22. The van der Waals surface area contributed by atoms with Crippen molar-refractivity contribution in [2.45, 2.75) is 50.2 Å². The van der Waals surface area contributed by atoms with E-state index in [9.17, 15) is 8.42 Å². The first-order valence-electron chi connectivity index (χ1n) is 5.50. The Hall–Kier alpha value is -0.0900. The highest BCUT2D eigenvalue weighted by Crippen LogP contribution is 2.38. The first-order chi connectivity index (χ1) is 6.58. The zero-order valence-corrected chi connectivity index (χ0v) is 9.78. The second-order valence-electron chi connectivity index (χ2n) is 4.19. The lowest BCUT2D eigenvalue weighted by molar-refractivity contribution is 0.358. The molecule has 0 aromatic carbocycles. The van der Waals surface area contributed by atoms with Crippen LogP contribution < -0.4 is 5.73 Å². The summed E-state index contributed by atoms with van der Waals surface area (Å²) in [4.78, 5) is 0. The minimum Gasteiger partial charge on any atom is -0.330 e. The van der Waals surface area contributed by atoms with E-state index >= 15 is 0 Å². The van der Waals surface area contributed by atoms with Gasteiger partial charge in [0.25, 0.3) is 0 Å². The van der Waals surface area contributed by atoms with Crippen LogP contribution in [0.4, 0.5) is 0 Å². The lowest BCUT2D eigenvalue weighted by Gasteiger charge is -2.36. The van der Waals surface area contributed by atoms with Crippen LogP contribution in [0.3, 0.4) is 0 Å². The van der Waals surface area contributed by atoms with E-state index in [1.165, 1.54) is 6.42 Å². The maximum atomic E-state index is 12.0. The second-order valence-corrected chi connectivity index (χ2v) is 6.86. The molecule has 0 aromatic heterocycles. The van der Waals surface area contributed by atoms with Gasteiger partial charge in [-0.1, -0.05) is 26.2 Å². The molecule has 4 heteroatoms. The van der Waals surface area contributed by atoms with E-state index in [0.717, 1.165) is 25.7 Å². The maximum absolute atomic E-state index is 12.0. The van der Waals surface area contributed by atoms with Crippen molar-refractivity contribution in [2.75, 3.05) is 12.3 Å². The van der Waals surface area contributed by atoms with Crippen LogP contribution in [0.15, 0.2) is 0 Å². The molecule has 0 unspecified atom stereocenters. The van der Waals surface area contributed by atoms with E-state index < -0.39 is 14.6 Å². The molecule has 0 bridgehead atoms. The first-order valence-corrected chi connectivity index (χ1v) is 7.15. The number of hydrogen-bond donors (Lipinski definition) is 1. The van der Waals surface area contributed by atoms with Gasteiger partial charge < -0.3 is 5.73 Å². The Kier molecular flexibility index (Phi) is 3.95. The number of nitrogens with two attached hydrogens (primary N) is 1. The molecule has 1 aliphatic carbocycles. The van der Waals surface area contributed by atoms with Gasteiger partial charge in [0.05, 0.1) is 4.75 Å². The average Bonchev–Trinajstić information content (AvgIpc) is 2.19. The van der Waals surface area contributed by atoms with Crippen molar-refractivity contribution in [2.24, 2.45) is 5.73 Å². The van der Waals surface area contributed by atoms with Gasteiger partial charge >= 0.3 is 0 Å². The van der Waals surface area contributed by atoms with Crippen molar-refractivity contribution in [1.29, 1.82) is 0 Å². The van der Waals surface area contributed by atoms with Crippen molar-refractivity contribution in [3.05, 3.63) is 0 Å². The van der Waals surface area contributed by atoms with Gasteiger partial charge in [0.2, 0.25) is 0 Å². The Balaban J connectivity index is 2.91. The highest BCUT2D eigenvalue weighted by Gasteiger charge is 2.42. The monoisotopic (exact) mass is 219 g/mol. The van der Waals surface area contributed by atoms with Gasteiger partial charge in [0, 0.05) is 5.75 Å². The standard InChI is InChI=1S/C10H21NO2S/c1-2-14(12,13)10(8-9-11)6-4-3-5-7-10/h2-9,11H2,1H3. The molecule has 0 aromatic rings. The van der Waals surface area contributed by atoms with Gasteiger partial charge in [-0.3, -0.25) is 0 Å². The van der Waals surface area contributed by atoms with Gasteiger partial charge in [-0.15, -0.1) is 0 Å². The zero-order valence-electron chi connectivity index (χ0n) is 8.96. The molecule has 1 aliphatic rings. The fourth-order valence-electron chi connectivity index (χ4n) is 2.48. The summed E-state index contributed by atoms with van der Waals surface area (Å²) in [5, 5.41) is 0. The van der Waals surface area contributed by atoms with Crippen LogP contribution in [0.25, 0.3) is 0 Å². The molecule has 0 aliphatic heterocycles. The van der Waals surface area contributed by atoms with Crippen molar-refractivity contribution < 1.29 is 8.42 Å². The summed E-state index contributed by atoms with van der Waals surface area (Å²) in [5.74, 6) is 0.257. The van der Waals surface area contributed by atoms with Crippen LogP contribution in [-0.2, 0) is 9.84 Å². The molecule has 0 atom stereocenters. The van der Waals surface area contributed by atoms with E-state index in [-0.39, 0.29) is 5.75 Å². The molecular formula is C10H21NO2S. The van der Waals surface area contributed by atoms with Crippen molar-refractivity contribution in [1.82, 2.24) is 0 Å². The third kappa shape index (κ3) is 2.11. The molecule has 0 amide bonds. The van der Waals surface area contributed by atoms with Crippen LogP contribution in [0, 0.1) is 0 Å². The predicted molar refractivity (Wildman–Crippen MR) is 58.9 cm³/mol. The van der Waals surface area contributed by atoms with E-state index in [4.69, 9.17) is 5.73 Å². The fraction of sp³-hybridized carbons (Fsp3) is 1.00. The molecule has 2 N–H and O–H groups in total. The molecule has 1 rings (SSSR count). The lowest BCUT2D eigenvalue weighted by atomic mass is 9.86. The Labute approximate surface area is 87.0 Å². The van der Waals surface area contributed by atoms with E-state index in [1.54, 1.807) is 6.92 Å². The van der Waals surface area contributed by atoms with Crippen molar-refractivity contribution >= 4 is 9.84 Å². The molecule has 0 heterocycles. The van der Waals surface area contributed by atoms with Crippen LogP contribution in [-0.4, -0.2) is 25.5 Å².